The molecule has 2 aliphatic heterocycles. The molecule has 0 saturated carbocycles. The zero-order valence-corrected chi connectivity index (χ0v) is 26.7. The van der Waals surface area contributed by atoms with Crippen molar-refractivity contribution in [3.05, 3.63) is 52.1 Å². The molecule has 238 valence electrons. The van der Waals surface area contributed by atoms with Gasteiger partial charge in [-0.25, -0.2) is 0 Å². The molecule has 10 heteroatoms. The van der Waals surface area contributed by atoms with Crippen molar-refractivity contribution in [2.45, 2.75) is 78.2 Å². The maximum atomic E-state index is 13.9. The van der Waals surface area contributed by atoms with Crippen LogP contribution in [0.15, 0.2) is 24.3 Å². The molecule has 3 N–H and O–H groups in total. The van der Waals surface area contributed by atoms with Gasteiger partial charge in [0, 0.05) is 49.8 Å². The average molecular weight is 607 g/mol. The van der Waals surface area contributed by atoms with Gasteiger partial charge in [-0.2, -0.15) is 0 Å². The summed E-state index contributed by atoms with van der Waals surface area (Å²) in [7, 11) is 1.56. The summed E-state index contributed by atoms with van der Waals surface area (Å²) in [6.07, 6.45) is 4.44. The van der Waals surface area contributed by atoms with E-state index in [1.807, 2.05) is 19.1 Å². The van der Waals surface area contributed by atoms with Crippen LogP contribution in [0.2, 0.25) is 0 Å². The topological polar surface area (TPSA) is 132 Å². The van der Waals surface area contributed by atoms with E-state index in [-0.39, 0.29) is 35.9 Å². The van der Waals surface area contributed by atoms with Crippen LogP contribution < -0.4 is 19.7 Å². The third-order valence-corrected chi connectivity index (χ3v) is 8.17. The van der Waals surface area contributed by atoms with E-state index in [9.17, 15) is 14.4 Å². The fraction of sp³-hybridized carbons (Fsp3) is 0.529. The van der Waals surface area contributed by atoms with Crippen molar-refractivity contribution in [1.29, 1.82) is 5.41 Å². The van der Waals surface area contributed by atoms with Gasteiger partial charge in [0.2, 0.25) is 0 Å². The number of carbonyl (C=O) groups excluding carboxylic acids is 2. The molecule has 0 radical (unpaired) electrons. The summed E-state index contributed by atoms with van der Waals surface area (Å²) in [4.78, 5) is 41.3. The highest BCUT2D eigenvalue weighted by Gasteiger charge is 2.31. The Kier molecular flexibility index (Phi) is 10.5. The fourth-order valence-electron chi connectivity index (χ4n) is 5.82. The van der Waals surface area contributed by atoms with Crippen molar-refractivity contribution < 1.29 is 29.0 Å². The quantitative estimate of drug-likeness (QED) is 0.193. The predicted octanol–water partition coefficient (Wildman–Crippen LogP) is 5.39. The number of nitrogens with one attached hydrogen (secondary N) is 2. The monoisotopic (exact) mass is 606 g/mol. The average Bonchev–Trinajstić information content (AvgIpc) is 3.61. The Hall–Kier alpha value is -4.08. The molecule has 4 rings (SSSR count). The summed E-state index contributed by atoms with van der Waals surface area (Å²) in [6.45, 7) is 11.2. The van der Waals surface area contributed by atoms with Crippen molar-refractivity contribution in [3.63, 3.8) is 0 Å². The van der Waals surface area contributed by atoms with Crippen LogP contribution in [0, 0.1) is 5.41 Å². The molecule has 2 heterocycles. The molecule has 44 heavy (non-hydrogen) atoms. The molecule has 1 saturated heterocycles. The Morgan fingerprint density at radius 2 is 1.75 bits per heavy atom. The highest BCUT2D eigenvalue weighted by atomic mass is 16.5. The predicted molar refractivity (Wildman–Crippen MR) is 171 cm³/mol. The number of aliphatic carboxylic acids is 1. The van der Waals surface area contributed by atoms with Gasteiger partial charge in [0.25, 0.3) is 5.91 Å². The summed E-state index contributed by atoms with van der Waals surface area (Å²) < 4.78 is 12.1. The molecule has 10 nitrogen and oxygen atoms in total. The molecular weight excluding hydrogens is 560 g/mol. The van der Waals surface area contributed by atoms with Crippen LogP contribution in [0.5, 0.6) is 11.5 Å². The lowest BCUT2D eigenvalue weighted by Gasteiger charge is -2.30. The molecule has 0 spiro atoms. The summed E-state index contributed by atoms with van der Waals surface area (Å²) >= 11 is 0. The van der Waals surface area contributed by atoms with Gasteiger partial charge >= 0.3 is 5.97 Å². The zero-order valence-electron chi connectivity index (χ0n) is 26.7. The maximum Gasteiger partial charge on any atom is 0.303 e. The number of ketones is 1. The first-order valence-corrected chi connectivity index (χ1v) is 15.6. The molecule has 2 aromatic carbocycles. The number of amides is 1. The second kappa shape index (κ2) is 14.1. The minimum absolute atomic E-state index is 0.0274. The number of ether oxygens (including phenoxy) is 2. The van der Waals surface area contributed by atoms with E-state index in [1.54, 1.807) is 24.1 Å². The first-order chi connectivity index (χ1) is 20.9. The molecule has 0 aromatic heterocycles. The van der Waals surface area contributed by atoms with Crippen LogP contribution in [0.3, 0.4) is 0 Å². The standard InChI is InChI=1S/C34H46N4O6/c1-6-43-29-18-23-20-38(32(35)24(23)19-25(29)33(42)36-5)21-28(39)22-16-26(34(2,3)4)31(27(17-22)37-13-9-10-14-37)44-15-11-7-8-12-30(40)41/h16-19,35H,6-15,20-21H2,1-5H3,(H,36,42)(H,40,41). The molecule has 0 unspecified atom stereocenters. The van der Waals surface area contributed by atoms with Gasteiger partial charge in [-0.15, -0.1) is 0 Å². The second-order valence-electron chi connectivity index (χ2n) is 12.5. The second-order valence-corrected chi connectivity index (χ2v) is 12.5. The number of hydrogen-bond donors (Lipinski definition) is 3. The summed E-state index contributed by atoms with van der Waals surface area (Å²) in [5.74, 6) is 0.306. The molecule has 2 aromatic rings. The van der Waals surface area contributed by atoms with Crippen molar-refractivity contribution in [2.75, 3.05) is 44.8 Å². The molecular formula is C34H46N4O6. The number of fused-ring (bicyclic) bond motifs is 1. The number of benzene rings is 2. The van der Waals surface area contributed by atoms with Crippen molar-refractivity contribution in [1.82, 2.24) is 10.2 Å². The van der Waals surface area contributed by atoms with Crippen LogP contribution in [0.1, 0.15) is 104 Å². The molecule has 0 bridgehead atoms. The van der Waals surface area contributed by atoms with Gasteiger partial charge in [-0.1, -0.05) is 20.8 Å². The van der Waals surface area contributed by atoms with E-state index in [0.29, 0.717) is 48.6 Å². The molecule has 1 amide bonds. The number of Topliss-reactive ketones (excluding diaryl/α,β-unsaturated/α-hetero) is 1. The molecule has 0 aliphatic carbocycles. The fourth-order valence-corrected chi connectivity index (χ4v) is 5.82. The number of nitrogens with zero attached hydrogens (tertiary/aromatic N) is 2. The summed E-state index contributed by atoms with van der Waals surface area (Å²) in [6, 6.07) is 7.36. The van der Waals surface area contributed by atoms with Gasteiger partial charge in [-0.3, -0.25) is 19.8 Å². The minimum Gasteiger partial charge on any atom is -0.493 e. The first kappa shape index (κ1) is 32.8. The Morgan fingerprint density at radius 1 is 1.02 bits per heavy atom. The zero-order chi connectivity index (χ0) is 32.0. The number of rotatable bonds is 14. The van der Waals surface area contributed by atoms with Gasteiger partial charge in [0.15, 0.2) is 5.78 Å². The number of hydrogen-bond acceptors (Lipinski definition) is 7. The molecule has 1 fully saturated rings. The van der Waals surface area contributed by atoms with E-state index < -0.39 is 5.97 Å². The van der Waals surface area contributed by atoms with Crippen molar-refractivity contribution in [3.8, 4) is 11.5 Å². The highest BCUT2D eigenvalue weighted by molar-refractivity contribution is 6.08. The van der Waals surface area contributed by atoms with E-state index in [1.165, 1.54) is 0 Å². The third kappa shape index (κ3) is 7.52. The van der Waals surface area contributed by atoms with Crippen molar-refractivity contribution in [2.24, 2.45) is 0 Å². The van der Waals surface area contributed by atoms with Gasteiger partial charge in [0.1, 0.15) is 17.3 Å². The Morgan fingerprint density at radius 3 is 2.39 bits per heavy atom. The number of carboxylic acid groups (broad SMARTS) is 1. The Labute approximate surface area is 260 Å². The van der Waals surface area contributed by atoms with Gasteiger partial charge in [0.05, 0.1) is 31.0 Å². The Balaban J connectivity index is 1.59. The van der Waals surface area contributed by atoms with Crippen LogP contribution in [-0.2, 0) is 16.8 Å². The lowest BCUT2D eigenvalue weighted by atomic mass is 9.84. The number of unbranched alkanes of at least 4 members (excludes halogenated alkanes) is 2. The normalized spacial score (nSPS) is 14.5. The smallest absolute Gasteiger partial charge is 0.303 e. The number of anilines is 1. The number of carbonyl (C=O) groups is 3. The minimum atomic E-state index is -0.783. The lowest BCUT2D eigenvalue weighted by molar-refractivity contribution is -0.137. The maximum absolute atomic E-state index is 13.9. The molecule has 2 aliphatic rings. The van der Waals surface area contributed by atoms with E-state index in [0.717, 1.165) is 61.3 Å². The lowest BCUT2D eigenvalue weighted by Crippen LogP contribution is -2.31. The largest absolute Gasteiger partial charge is 0.493 e. The third-order valence-electron chi connectivity index (χ3n) is 8.17. The summed E-state index contributed by atoms with van der Waals surface area (Å²) in [5, 5.41) is 20.4. The van der Waals surface area contributed by atoms with E-state index >= 15 is 0 Å². The van der Waals surface area contributed by atoms with Crippen LogP contribution in [0.4, 0.5) is 5.69 Å². The Bertz CT molecular complexity index is 1410. The SMILES string of the molecule is CCOc1cc2c(cc1C(=O)NC)C(=N)N(CC(=O)c1cc(N3CCCC3)c(OCCCCCC(=O)O)c(C(C)(C)C)c1)C2. The highest BCUT2D eigenvalue weighted by Crippen LogP contribution is 2.42. The molecule has 0 atom stereocenters. The van der Waals surface area contributed by atoms with Gasteiger partial charge in [-0.05, 0) is 74.3 Å². The number of carboxylic acids is 1. The van der Waals surface area contributed by atoms with Crippen LogP contribution in [-0.4, -0.2) is 73.4 Å². The van der Waals surface area contributed by atoms with E-state index in [2.05, 4.69) is 31.0 Å². The van der Waals surface area contributed by atoms with Crippen LogP contribution >= 0.6 is 0 Å². The van der Waals surface area contributed by atoms with Gasteiger partial charge < -0.3 is 29.7 Å². The first-order valence-electron chi connectivity index (χ1n) is 15.6. The summed E-state index contributed by atoms with van der Waals surface area (Å²) in [5.41, 5.74) is 3.99. The van der Waals surface area contributed by atoms with Crippen molar-refractivity contribution >= 4 is 29.2 Å². The number of amidine groups is 1. The van der Waals surface area contributed by atoms with E-state index in [4.69, 9.17) is 20.0 Å². The van der Waals surface area contributed by atoms with Crippen LogP contribution in [0.25, 0.3) is 0 Å².